The largest absolute Gasteiger partial charge is 0.478 e. The van der Waals surface area contributed by atoms with Crippen LogP contribution in [0.2, 0.25) is 0 Å². The van der Waals surface area contributed by atoms with Crippen molar-refractivity contribution >= 4 is 5.97 Å². The molecule has 4 nitrogen and oxygen atoms in total. The minimum Gasteiger partial charge on any atom is -0.478 e. The highest BCUT2D eigenvalue weighted by atomic mass is 19.1. The molecule has 0 spiro atoms. The van der Waals surface area contributed by atoms with Crippen molar-refractivity contribution in [1.82, 2.24) is 4.90 Å². The summed E-state index contributed by atoms with van der Waals surface area (Å²) >= 11 is 0. The third-order valence-electron chi connectivity index (χ3n) is 3.41. The van der Waals surface area contributed by atoms with Crippen LogP contribution in [0.4, 0.5) is 4.39 Å². The highest BCUT2D eigenvalue weighted by molar-refractivity contribution is 5.87. The molecule has 1 aliphatic rings. The van der Waals surface area contributed by atoms with Gasteiger partial charge in [0.1, 0.15) is 5.82 Å². The third-order valence-corrected chi connectivity index (χ3v) is 3.41. The lowest BCUT2D eigenvalue weighted by Gasteiger charge is -2.36. The molecule has 1 aromatic carbocycles. The molecule has 0 aliphatic carbocycles. The maximum atomic E-state index is 13.9. The predicted octanol–water partition coefficient (Wildman–Crippen LogP) is 2.13. The predicted molar refractivity (Wildman–Crippen MR) is 68.6 cm³/mol. The number of nitrogens with zero attached hydrogens (tertiary/aromatic N) is 1. The van der Waals surface area contributed by atoms with E-state index in [1.54, 1.807) is 6.07 Å². The summed E-state index contributed by atoms with van der Waals surface area (Å²) in [6.45, 7) is 5.88. The van der Waals surface area contributed by atoms with Gasteiger partial charge >= 0.3 is 5.97 Å². The van der Waals surface area contributed by atoms with E-state index in [9.17, 15) is 9.18 Å². The zero-order valence-electron chi connectivity index (χ0n) is 11.1. The summed E-state index contributed by atoms with van der Waals surface area (Å²) in [5, 5.41) is 8.80. The SMILES string of the molecule is CC1CN(Cc2ccc(C(=O)O)cc2F)C(C)CO1. The quantitative estimate of drug-likeness (QED) is 0.911. The van der Waals surface area contributed by atoms with E-state index in [-0.39, 0.29) is 17.7 Å². The van der Waals surface area contributed by atoms with Gasteiger partial charge in [-0.05, 0) is 26.0 Å². The first-order chi connectivity index (χ1) is 8.97. The number of aromatic carboxylic acids is 1. The second-order valence-corrected chi connectivity index (χ2v) is 5.03. The number of hydrogen-bond donors (Lipinski definition) is 1. The summed E-state index contributed by atoms with van der Waals surface area (Å²) < 4.78 is 19.4. The smallest absolute Gasteiger partial charge is 0.335 e. The molecule has 1 aliphatic heterocycles. The molecule has 2 atom stereocenters. The van der Waals surface area contributed by atoms with Crippen LogP contribution in [0.5, 0.6) is 0 Å². The minimum atomic E-state index is -1.11. The van der Waals surface area contributed by atoms with Crippen LogP contribution in [0.1, 0.15) is 29.8 Å². The Hall–Kier alpha value is -1.46. The van der Waals surface area contributed by atoms with Gasteiger partial charge in [0.25, 0.3) is 0 Å². The maximum absolute atomic E-state index is 13.9. The van der Waals surface area contributed by atoms with E-state index in [1.165, 1.54) is 6.07 Å². The Bertz CT molecular complexity index is 478. The fourth-order valence-electron chi connectivity index (χ4n) is 2.22. The van der Waals surface area contributed by atoms with E-state index in [2.05, 4.69) is 4.90 Å². The van der Waals surface area contributed by atoms with Gasteiger partial charge in [-0.2, -0.15) is 0 Å². The van der Waals surface area contributed by atoms with E-state index in [0.29, 0.717) is 18.7 Å². The molecule has 1 aromatic rings. The number of carbonyl (C=O) groups is 1. The maximum Gasteiger partial charge on any atom is 0.335 e. The molecule has 2 rings (SSSR count). The first kappa shape index (κ1) is 14.0. The van der Waals surface area contributed by atoms with Crippen LogP contribution in [-0.4, -0.2) is 41.3 Å². The summed E-state index contributed by atoms with van der Waals surface area (Å²) in [4.78, 5) is 12.9. The van der Waals surface area contributed by atoms with Crippen molar-refractivity contribution in [2.45, 2.75) is 32.5 Å². The van der Waals surface area contributed by atoms with Crippen molar-refractivity contribution in [3.63, 3.8) is 0 Å². The number of carboxylic acid groups (broad SMARTS) is 1. The van der Waals surface area contributed by atoms with Crippen molar-refractivity contribution in [1.29, 1.82) is 0 Å². The highest BCUT2D eigenvalue weighted by Gasteiger charge is 2.24. The van der Waals surface area contributed by atoms with Crippen LogP contribution in [0.3, 0.4) is 0 Å². The Morgan fingerprint density at radius 3 is 2.89 bits per heavy atom. The van der Waals surface area contributed by atoms with Gasteiger partial charge in [-0.25, -0.2) is 9.18 Å². The molecule has 0 amide bonds. The molecule has 104 valence electrons. The number of ether oxygens (including phenoxy) is 1. The van der Waals surface area contributed by atoms with Gasteiger partial charge < -0.3 is 9.84 Å². The lowest BCUT2D eigenvalue weighted by atomic mass is 10.1. The fraction of sp³-hybridized carbons (Fsp3) is 0.500. The van der Waals surface area contributed by atoms with Crippen LogP contribution in [0.15, 0.2) is 18.2 Å². The second-order valence-electron chi connectivity index (χ2n) is 5.03. The first-order valence-corrected chi connectivity index (χ1v) is 6.34. The average molecular weight is 267 g/mol. The van der Waals surface area contributed by atoms with E-state index in [4.69, 9.17) is 9.84 Å². The molecular weight excluding hydrogens is 249 g/mol. The summed E-state index contributed by atoms with van der Waals surface area (Å²) in [5.41, 5.74) is 0.496. The molecule has 0 bridgehead atoms. The van der Waals surface area contributed by atoms with Gasteiger partial charge in [0.05, 0.1) is 18.3 Å². The molecule has 5 heteroatoms. The molecule has 19 heavy (non-hydrogen) atoms. The summed E-state index contributed by atoms with van der Waals surface area (Å²) in [6, 6.07) is 4.29. The van der Waals surface area contributed by atoms with Crippen molar-refractivity contribution in [3.05, 3.63) is 35.1 Å². The summed E-state index contributed by atoms with van der Waals surface area (Å²) in [7, 11) is 0. The van der Waals surface area contributed by atoms with E-state index in [1.807, 2.05) is 13.8 Å². The Kier molecular flexibility index (Phi) is 4.17. The second kappa shape index (κ2) is 5.67. The normalized spacial score (nSPS) is 24.4. The molecule has 2 unspecified atom stereocenters. The van der Waals surface area contributed by atoms with Crippen molar-refractivity contribution in [2.75, 3.05) is 13.2 Å². The number of morpholine rings is 1. The molecule has 1 heterocycles. The number of hydrogen-bond acceptors (Lipinski definition) is 3. The van der Waals surface area contributed by atoms with E-state index in [0.717, 1.165) is 12.6 Å². The molecule has 0 aromatic heterocycles. The summed E-state index contributed by atoms with van der Waals surface area (Å²) in [6.07, 6.45) is 0.137. The van der Waals surface area contributed by atoms with Gasteiger partial charge in [-0.1, -0.05) is 6.07 Å². The number of benzene rings is 1. The minimum absolute atomic E-state index is 0.0235. The molecule has 1 N–H and O–H groups in total. The monoisotopic (exact) mass is 267 g/mol. The Labute approximate surface area is 111 Å². The number of carboxylic acids is 1. The highest BCUT2D eigenvalue weighted by Crippen LogP contribution is 2.18. The van der Waals surface area contributed by atoms with Crippen molar-refractivity contribution in [3.8, 4) is 0 Å². The Balaban J connectivity index is 2.12. The van der Waals surface area contributed by atoms with Crippen LogP contribution >= 0.6 is 0 Å². The topological polar surface area (TPSA) is 49.8 Å². The molecule has 0 radical (unpaired) electrons. The number of halogens is 1. The molecule has 1 saturated heterocycles. The van der Waals surface area contributed by atoms with E-state index < -0.39 is 11.8 Å². The van der Waals surface area contributed by atoms with Crippen molar-refractivity contribution < 1.29 is 19.0 Å². The zero-order valence-corrected chi connectivity index (χ0v) is 11.1. The van der Waals surface area contributed by atoms with Crippen molar-refractivity contribution in [2.24, 2.45) is 0 Å². The van der Waals surface area contributed by atoms with Crippen LogP contribution < -0.4 is 0 Å². The van der Waals surface area contributed by atoms with Crippen LogP contribution in [0, 0.1) is 5.82 Å². The van der Waals surface area contributed by atoms with Gasteiger partial charge in [-0.15, -0.1) is 0 Å². The van der Waals surface area contributed by atoms with E-state index >= 15 is 0 Å². The molecular formula is C14H18FNO3. The molecule has 1 fully saturated rings. The lowest BCUT2D eigenvalue weighted by molar-refractivity contribution is -0.0529. The van der Waals surface area contributed by atoms with Gasteiger partial charge in [0.15, 0.2) is 0 Å². The van der Waals surface area contributed by atoms with Gasteiger partial charge in [0, 0.05) is 24.7 Å². The third kappa shape index (κ3) is 3.30. The summed E-state index contributed by atoms with van der Waals surface area (Å²) in [5.74, 6) is -1.58. The van der Waals surface area contributed by atoms with Gasteiger partial charge in [0.2, 0.25) is 0 Å². The Morgan fingerprint density at radius 2 is 2.26 bits per heavy atom. The number of rotatable bonds is 3. The average Bonchev–Trinajstić information content (AvgIpc) is 2.36. The van der Waals surface area contributed by atoms with Gasteiger partial charge in [-0.3, -0.25) is 4.90 Å². The fourth-order valence-corrected chi connectivity index (χ4v) is 2.22. The Morgan fingerprint density at radius 1 is 1.53 bits per heavy atom. The molecule has 0 saturated carbocycles. The van der Waals surface area contributed by atoms with Crippen LogP contribution in [0.25, 0.3) is 0 Å². The lowest BCUT2D eigenvalue weighted by Crippen LogP contribution is -2.46. The standard InChI is InChI=1S/C14H18FNO3/c1-9-8-19-10(2)6-16(9)7-12-4-3-11(14(17)18)5-13(12)15/h3-5,9-10H,6-8H2,1-2H3,(H,17,18). The van der Waals surface area contributed by atoms with Crippen LogP contribution in [-0.2, 0) is 11.3 Å². The zero-order chi connectivity index (χ0) is 14.0. The first-order valence-electron chi connectivity index (χ1n) is 6.34.